The molecule has 8 N–H and O–H groups in total. The van der Waals surface area contributed by atoms with Gasteiger partial charge in [-0.05, 0) is 23.5 Å². The first-order valence-electron chi connectivity index (χ1n) is 11.5. The zero-order chi connectivity index (χ0) is 26.3. The molecule has 35 heavy (non-hydrogen) atoms. The Labute approximate surface area is 203 Å². The zero-order valence-electron chi connectivity index (χ0n) is 20.4. The SMILES string of the molecule is CC(C)C(NC(=O)C(N)CO)C(=O)NC(C(=O)NC(Cc1c[nH]c2ccccc12)C(=O)O)C(C)C. The van der Waals surface area contributed by atoms with E-state index in [1.807, 2.05) is 24.3 Å². The summed E-state index contributed by atoms with van der Waals surface area (Å²) in [7, 11) is 0. The summed E-state index contributed by atoms with van der Waals surface area (Å²) in [4.78, 5) is 53.1. The molecule has 4 unspecified atom stereocenters. The molecule has 0 bridgehead atoms. The minimum atomic E-state index is -1.22. The number of amides is 3. The summed E-state index contributed by atoms with van der Waals surface area (Å²) in [6, 6.07) is 2.98. The largest absolute Gasteiger partial charge is 0.480 e. The number of aliphatic carboxylic acids is 1. The molecule has 3 amide bonds. The number of H-pyrrole nitrogens is 1. The number of rotatable bonds is 12. The molecule has 0 saturated heterocycles. The zero-order valence-corrected chi connectivity index (χ0v) is 20.4. The van der Waals surface area contributed by atoms with Crippen LogP contribution in [0, 0.1) is 11.8 Å². The monoisotopic (exact) mass is 489 g/mol. The number of aromatic amines is 1. The van der Waals surface area contributed by atoms with E-state index in [1.54, 1.807) is 33.9 Å². The number of fused-ring (bicyclic) bond motifs is 1. The number of hydrogen-bond donors (Lipinski definition) is 7. The second-order valence-electron chi connectivity index (χ2n) is 9.21. The lowest BCUT2D eigenvalue weighted by Crippen LogP contribution is -2.60. The summed E-state index contributed by atoms with van der Waals surface area (Å²) in [5, 5.41) is 27.3. The Balaban J connectivity index is 2.15. The molecule has 1 aromatic heterocycles. The van der Waals surface area contributed by atoms with Gasteiger partial charge in [-0.3, -0.25) is 14.4 Å². The van der Waals surface area contributed by atoms with Gasteiger partial charge >= 0.3 is 5.97 Å². The summed E-state index contributed by atoms with van der Waals surface area (Å²) in [5.74, 6) is -3.88. The van der Waals surface area contributed by atoms with Crippen molar-refractivity contribution in [1.82, 2.24) is 20.9 Å². The van der Waals surface area contributed by atoms with Gasteiger partial charge in [0.25, 0.3) is 0 Å². The number of carbonyl (C=O) groups is 4. The van der Waals surface area contributed by atoms with Crippen LogP contribution in [0.3, 0.4) is 0 Å². The fraction of sp³-hybridized carbons (Fsp3) is 0.500. The Bertz CT molecular complexity index is 1050. The first-order chi connectivity index (χ1) is 16.5. The highest BCUT2D eigenvalue weighted by molar-refractivity contribution is 5.94. The molecule has 0 fully saturated rings. The standard InChI is InChI=1S/C24H35N5O6/c1-12(2)19(29-23(33)20(13(3)4)28-21(31)16(25)11-30)22(32)27-18(24(34)35)9-14-10-26-17-8-6-5-7-15(14)17/h5-8,10,12-13,16,18-20,26,30H,9,11,25H2,1-4H3,(H,27,32)(H,28,31)(H,29,33)(H,34,35). The molecule has 1 heterocycles. The second-order valence-corrected chi connectivity index (χ2v) is 9.21. The fourth-order valence-electron chi connectivity index (χ4n) is 3.64. The van der Waals surface area contributed by atoms with E-state index in [1.165, 1.54) is 0 Å². The smallest absolute Gasteiger partial charge is 0.326 e. The number of aliphatic hydroxyl groups excluding tert-OH is 1. The Morgan fingerprint density at radius 3 is 2.00 bits per heavy atom. The van der Waals surface area contributed by atoms with Gasteiger partial charge in [0.15, 0.2) is 0 Å². The average Bonchev–Trinajstić information content (AvgIpc) is 3.21. The summed E-state index contributed by atoms with van der Waals surface area (Å²) in [6.45, 7) is 6.26. The number of aliphatic hydroxyl groups is 1. The van der Waals surface area contributed by atoms with Crippen molar-refractivity contribution in [1.29, 1.82) is 0 Å². The number of carbonyl (C=O) groups excluding carboxylic acids is 3. The maximum atomic E-state index is 13.1. The van der Waals surface area contributed by atoms with E-state index in [2.05, 4.69) is 20.9 Å². The molecule has 0 aliphatic carbocycles. The molecule has 192 valence electrons. The second kappa shape index (κ2) is 12.3. The lowest BCUT2D eigenvalue weighted by atomic mass is 9.98. The maximum Gasteiger partial charge on any atom is 0.326 e. The van der Waals surface area contributed by atoms with Crippen LogP contribution in [-0.4, -0.2) is 69.7 Å². The first-order valence-corrected chi connectivity index (χ1v) is 11.5. The fourth-order valence-corrected chi connectivity index (χ4v) is 3.64. The van der Waals surface area contributed by atoms with Crippen LogP contribution in [0.2, 0.25) is 0 Å². The van der Waals surface area contributed by atoms with Crippen molar-refractivity contribution in [3.63, 3.8) is 0 Å². The molecular weight excluding hydrogens is 454 g/mol. The van der Waals surface area contributed by atoms with E-state index < -0.39 is 54.5 Å². The molecule has 11 nitrogen and oxygen atoms in total. The molecule has 1 aromatic carbocycles. The van der Waals surface area contributed by atoms with Crippen LogP contribution in [0.4, 0.5) is 0 Å². The molecule has 0 radical (unpaired) electrons. The molecule has 0 aliphatic rings. The van der Waals surface area contributed by atoms with Crippen LogP contribution in [0.1, 0.15) is 33.3 Å². The van der Waals surface area contributed by atoms with Gasteiger partial charge in [0.05, 0.1) is 6.61 Å². The van der Waals surface area contributed by atoms with E-state index in [9.17, 15) is 24.3 Å². The van der Waals surface area contributed by atoms with Gasteiger partial charge in [-0.1, -0.05) is 45.9 Å². The minimum absolute atomic E-state index is 0.0492. The number of hydrogen-bond acceptors (Lipinski definition) is 6. The number of para-hydroxylation sites is 1. The highest BCUT2D eigenvalue weighted by atomic mass is 16.4. The van der Waals surface area contributed by atoms with Crippen LogP contribution in [0.5, 0.6) is 0 Å². The van der Waals surface area contributed by atoms with Crippen molar-refractivity contribution in [2.75, 3.05) is 6.61 Å². The highest BCUT2D eigenvalue weighted by Crippen LogP contribution is 2.19. The van der Waals surface area contributed by atoms with Crippen LogP contribution >= 0.6 is 0 Å². The topological polar surface area (TPSA) is 187 Å². The lowest BCUT2D eigenvalue weighted by Gasteiger charge is -2.28. The maximum absolute atomic E-state index is 13.1. The third-order valence-electron chi connectivity index (χ3n) is 5.74. The Morgan fingerprint density at radius 2 is 1.46 bits per heavy atom. The predicted octanol–water partition coefficient (Wildman–Crippen LogP) is -0.119. The Morgan fingerprint density at radius 1 is 0.914 bits per heavy atom. The summed E-state index contributed by atoms with van der Waals surface area (Å²) in [6.07, 6.45) is 1.76. The van der Waals surface area contributed by atoms with Crippen molar-refractivity contribution in [3.8, 4) is 0 Å². The Kier molecular flexibility index (Phi) is 9.78. The molecule has 0 spiro atoms. The van der Waals surface area contributed by atoms with Crippen molar-refractivity contribution in [2.45, 2.75) is 58.3 Å². The highest BCUT2D eigenvalue weighted by Gasteiger charge is 2.33. The van der Waals surface area contributed by atoms with E-state index in [0.717, 1.165) is 16.5 Å². The molecule has 11 heteroatoms. The van der Waals surface area contributed by atoms with Gasteiger partial charge in [-0.2, -0.15) is 0 Å². The average molecular weight is 490 g/mol. The predicted molar refractivity (Wildman–Crippen MR) is 130 cm³/mol. The summed E-state index contributed by atoms with van der Waals surface area (Å²) in [5.41, 5.74) is 7.11. The summed E-state index contributed by atoms with van der Waals surface area (Å²) < 4.78 is 0. The van der Waals surface area contributed by atoms with Gasteiger partial charge < -0.3 is 36.9 Å². The third-order valence-corrected chi connectivity index (χ3v) is 5.74. The Hall–Kier alpha value is -3.44. The molecule has 0 aliphatic heterocycles. The normalized spacial score (nSPS) is 14.9. The minimum Gasteiger partial charge on any atom is -0.480 e. The van der Waals surface area contributed by atoms with E-state index in [4.69, 9.17) is 10.8 Å². The molecule has 0 saturated carbocycles. The van der Waals surface area contributed by atoms with Crippen LogP contribution in [0.15, 0.2) is 30.5 Å². The molecule has 2 rings (SSSR count). The van der Waals surface area contributed by atoms with Crippen molar-refractivity contribution in [3.05, 3.63) is 36.0 Å². The van der Waals surface area contributed by atoms with Crippen LogP contribution in [-0.2, 0) is 25.6 Å². The quantitative estimate of drug-likeness (QED) is 0.216. The van der Waals surface area contributed by atoms with Gasteiger partial charge in [0, 0.05) is 23.5 Å². The number of benzene rings is 1. The van der Waals surface area contributed by atoms with E-state index in [0.29, 0.717) is 0 Å². The van der Waals surface area contributed by atoms with Crippen molar-refractivity contribution in [2.24, 2.45) is 17.6 Å². The number of nitrogens with two attached hydrogens (primary N) is 1. The van der Waals surface area contributed by atoms with Gasteiger partial charge in [0.2, 0.25) is 17.7 Å². The van der Waals surface area contributed by atoms with E-state index >= 15 is 0 Å². The van der Waals surface area contributed by atoms with Gasteiger partial charge in [-0.25, -0.2) is 4.79 Å². The number of nitrogens with one attached hydrogen (secondary N) is 4. The summed E-state index contributed by atoms with van der Waals surface area (Å²) >= 11 is 0. The molecular formula is C24H35N5O6. The lowest BCUT2D eigenvalue weighted by molar-refractivity contribution is -0.142. The van der Waals surface area contributed by atoms with Crippen LogP contribution in [0.25, 0.3) is 10.9 Å². The molecule has 4 atom stereocenters. The molecule has 2 aromatic rings. The van der Waals surface area contributed by atoms with Gasteiger partial charge in [0.1, 0.15) is 24.2 Å². The van der Waals surface area contributed by atoms with Crippen molar-refractivity contribution < 1.29 is 29.4 Å². The van der Waals surface area contributed by atoms with E-state index in [-0.39, 0.29) is 18.3 Å². The van der Waals surface area contributed by atoms with Crippen LogP contribution < -0.4 is 21.7 Å². The van der Waals surface area contributed by atoms with Crippen molar-refractivity contribution >= 4 is 34.6 Å². The number of carboxylic acids is 1. The first kappa shape index (κ1) is 27.8. The third kappa shape index (κ3) is 7.27. The van der Waals surface area contributed by atoms with Gasteiger partial charge in [-0.15, -0.1) is 0 Å². The number of carboxylic acid groups (broad SMARTS) is 1. The number of aromatic nitrogens is 1.